The maximum Gasteiger partial charge on any atom is 0.164 e. The molecule has 1 aliphatic carbocycles. The highest BCUT2D eigenvalue weighted by atomic mass is 16.5. The minimum absolute atomic E-state index is 0.326. The monoisotopic (exact) mass is 198 g/mol. The average molecular weight is 198 g/mol. The van der Waals surface area contributed by atoms with Crippen LogP contribution in [0.3, 0.4) is 0 Å². The maximum atomic E-state index is 12.0. The van der Waals surface area contributed by atoms with E-state index in [-0.39, 0.29) is 0 Å². The first-order chi connectivity index (χ1) is 6.64. The van der Waals surface area contributed by atoms with Crippen molar-refractivity contribution in [3.05, 3.63) is 0 Å². The quantitative estimate of drug-likeness (QED) is 0.679. The van der Waals surface area contributed by atoms with Gasteiger partial charge < -0.3 is 4.74 Å². The Bertz CT molecular complexity index is 192. The molecule has 0 aromatic rings. The van der Waals surface area contributed by atoms with Crippen molar-refractivity contribution in [1.29, 1.82) is 0 Å². The van der Waals surface area contributed by atoms with Gasteiger partial charge in [-0.15, -0.1) is 0 Å². The lowest BCUT2D eigenvalue weighted by Gasteiger charge is -2.26. The molecule has 0 aromatic heterocycles. The van der Waals surface area contributed by atoms with Gasteiger partial charge in [-0.05, 0) is 31.6 Å². The van der Waals surface area contributed by atoms with Crippen molar-refractivity contribution in [3.63, 3.8) is 0 Å². The SMILES string of the molecule is CCC(C)CC(=O)C1(OC)CCCC1. The van der Waals surface area contributed by atoms with Gasteiger partial charge in [0.25, 0.3) is 0 Å². The smallest absolute Gasteiger partial charge is 0.164 e. The van der Waals surface area contributed by atoms with E-state index in [0.29, 0.717) is 18.1 Å². The average Bonchev–Trinajstić information content (AvgIpc) is 2.67. The summed E-state index contributed by atoms with van der Waals surface area (Å²) in [5.74, 6) is 0.821. The molecule has 1 atom stereocenters. The van der Waals surface area contributed by atoms with Crippen LogP contribution in [0.25, 0.3) is 0 Å². The molecule has 14 heavy (non-hydrogen) atoms. The third-order valence-corrected chi connectivity index (χ3v) is 3.54. The molecule has 0 bridgehead atoms. The maximum absolute atomic E-state index is 12.0. The first-order valence-corrected chi connectivity index (χ1v) is 5.73. The Morgan fingerprint density at radius 1 is 1.43 bits per heavy atom. The van der Waals surface area contributed by atoms with Crippen LogP contribution in [0.1, 0.15) is 52.4 Å². The van der Waals surface area contributed by atoms with Crippen LogP contribution in [0.2, 0.25) is 0 Å². The van der Waals surface area contributed by atoms with Gasteiger partial charge in [0.15, 0.2) is 5.78 Å². The van der Waals surface area contributed by atoms with E-state index in [1.54, 1.807) is 7.11 Å². The molecule has 0 N–H and O–H groups in total. The van der Waals surface area contributed by atoms with E-state index in [9.17, 15) is 4.79 Å². The molecule has 2 heteroatoms. The lowest BCUT2D eigenvalue weighted by molar-refractivity contribution is -0.141. The third kappa shape index (κ3) is 2.35. The molecule has 1 saturated carbocycles. The van der Waals surface area contributed by atoms with Crippen molar-refractivity contribution >= 4 is 5.78 Å². The van der Waals surface area contributed by atoms with E-state index in [1.165, 1.54) is 0 Å². The largest absolute Gasteiger partial charge is 0.370 e. The summed E-state index contributed by atoms with van der Waals surface area (Å²) in [5, 5.41) is 0. The zero-order valence-electron chi connectivity index (χ0n) is 9.64. The van der Waals surface area contributed by atoms with E-state index in [2.05, 4.69) is 13.8 Å². The molecule has 1 unspecified atom stereocenters. The van der Waals surface area contributed by atoms with Crippen LogP contribution in [0.15, 0.2) is 0 Å². The van der Waals surface area contributed by atoms with Gasteiger partial charge in [-0.1, -0.05) is 20.3 Å². The highest BCUT2D eigenvalue weighted by Gasteiger charge is 2.40. The van der Waals surface area contributed by atoms with Gasteiger partial charge in [-0.25, -0.2) is 0 Å². The first-order valence-electron chi connectivity index (χ1n) is 5.73. The molecular weight excluding hydrogens is 176 g/mol. The summed E-state index contributed by atoms with van der Waals surface area (Å²) in [6, 6.07) is 0. The summed E-state index contributed by atoms with van der Waals surface area (Å²) in [6.07, 6.45) is 5.90. The van der Waals surface area contributed by atoms with Crippen LogP contribution in [0, 0.1) is 5.92 Å². The molecule has 0 saturated heterocycles. The molecule has 0 spiro atoms. The predicted octanol–water partition coefficient (Wildman–Crippen LogP) is 2.95. The molecular formula is C12H22O2. The Kier molecular flexibility index (Phi) is 4.11. The molecule has 2 nitrogen and oxygen atoms in total. The molecule has 0 aliphatic heterocycles. The number of ether oxygens (including phenoxy) is 1. The Hall–Kier alpha value is -0.370. The number of methoxy groups -OCH3 is 1. The lowest BCUT2D eigenvalue weighted by Crippen LogP contribution is -2.38. The standard InChI is InChI=1S/C12H22O2/c1-4-10(2)9-11(13)12(14-3)7-5-6-8-12/h10H,4-9H2,1-3H3. The molecule has 0 amide bonds. The van der Waals surface area contributed by atoms with Gasteiger partial charge >= 0.3 is 0 Å². The normalized spacial score (nSPS) is 22.2. The van der Waals surface area contributed by atoms with E-state index in [1.807, 2.05) is 0 Å². The zero-order chi connectivity index (χ0) is 10.6. The van der Waals surface area contributed by atoms with Crippen molar-refractivity contribution in [2.75, 3.05) is 7.11 Å². The van der Waals surface area contributed by atoms with Gasteiger partial charge in [0.1, 0.15) is 5.60 Å². The summed E-state index contributed by atoms with van der Waals surface area (Å²) in [6.45, 7) is 4.27. The van der Waals surface area contributed by atoms with E-state index < -0.39 is 5.60 Å². The molecule has 1 rings (SSSR count). The van der Waals surface area contributed by atoms with Gasteiger partial charge in [-0.2, -0.15) is 0 Å². The number of hydrogen-bond acceptors (Lipinski definition) is 2. The van der Waals surface area contributed by atoms with Gasteiger partial charge in [0.2, 0.25) is 0 Å². The Balaban J connectivity index is 2.56. The topological polar surface area (TPSA) is 26.3 Å². The van der Waals surface area contributed by atoms with E-state index in [4.69, 9.17) is 4.74 Å². The number of carbonyl (C=O) groups is 1. The highest BCUT2D eigenvalue weighted by molar-refractivity contribution is 5.87. The zero-order valence-corrected chi connectivity index (χ0v) is 9.64. The summed E-state index contributed by atoms with van der Waals surface area (Å²) >= 11 is 0. The number of carbonyl (C=O) groups excluding carboxylic acids is 1. The van der Waals surface area contributed by atoms with E-state index in [0.717, 1.165) is 32.1 Å². The number of Topliss-reactive ketones (excluding diaryl/α,β-unsaturated/α-hetero) is 1. The van der Waals surface area contributed by atoms with Gasteiger partial charge in [0, 0.05) is 13.5 Å². The Morgan fingerprint density at radius 3 is 2.43 bits per heavy atom. The third-order valence-electron chi connectivity index (χ3n) is 3.54. The van der Waals surface area contributed by atoms with Gasteiger partial charge in [0.05, 0.1) is 0 Å². The van der Waals surface area contributed by atoms with Crippen LogP contribution in [-0.4, -0.2) is 18.5 Å². The molecule has 0 heterocycles. The predicted molar refractivity (Wildman–Crippen MR) is 57.3 cm³/mol. The molecule has 1 aliphatic rings. The van der Waals surface area contributed by atoms with Crippen molar-refractivity contribution in [2.24, 2.45) is 5.92 Å². The lowest BCUT2D eigenvalue weighted by atomic mass is 9.89. The van der Waals surface area contributed by atoms with E-state index >= 15 is 0 Å². The van der Waals surface area contributed by atoms with Crippen LogP contribution in [0.4, 0.5) is 0 Å². The number of rotatable bonds is 5. The molecule has 0 aromatic carbocycles. The van der Waals surface area contributed by atoms with Crippen molar-refractivity contribution in [1.82, 2.24) is 0 Å². The Morgan fingerprint density at radius 2 is 2.00 bits per heavy atom. The van der Waals surface area contributed by atoms with Gasteiger partial charge in [-0.3, -0.25) is 4.79 Å². The van der Waals surface area contributed by atoms with Crippen LogP contribution < -0.4 is 0 Å². The molecule has 82 valence electrons. The number of ketones is 1. The summed E-state index contributed by atoms with van der Waals surface area (Å²) in [5.41, 5.74) is -0.413. The fraction of sp³-hybridized carbons (Fsp3) is 0.917. The van der Waals surface area contributed by atoms with Crippen molar-refractivity contribution < 1.29 is 9.53 Å². The minimum atomic E-state index is -0.413. The first kappa shape index (κ1) is 11.7. The number of hydrogen-bond donors (Lipinski definition) is 0. The summed E-state index contributed by atoms with van der Waals surface area (Å²) in [4.78, 5) is 12.0. The highest BCUT2D eigenvalue weighted by Crippen LogP contribution is 2.35. The fourth-order valence-corrected chi connectivity index (χ4v) is 2.19. The van der Waals surface area contributed by atoms with Crippen LogP contribution in [0.5, 0.6) is 0 Å². The van der Waals surface area contributed by atoms with Crippen LogP contribution in [-0.2, 0) is 9.53 Å². The van der Waals surface area contributed by atoms with Crippen LogP contribution >= 0.6 is 0 Å². The summed E-state index contributed by atoms with van der Waals surface area (Å²) in [7, 11) is 1.68. The molecule has 0 radical (unpaired) electrons. The second-order valence-electron chi connectivity index (χ2n) is 4.55. The minimum Gasteiger partial charge on any atom is -0.370 e. The summed E-state index contributed by atoms with van der Waals surface area (Å²) < 4.78 is 5.46. The second-order valence-corrected chi connectivity index (χ2v) is 4.55. The fourth-order valence-electron chi connectivity index (χ4n) is 2.19. The Labute approximate surface area is 87.0 Å². The van der Waals surface area contributed by atoms with Crippen molar-refractivity contribution in [2.45, 2.75) is 58.0 Å². The molecule has 1 fully saturated rings. The second kappa shape index (κ2) is 4.92. The van der Waals surface area contributed by atoms with Crippen molar-refractivity contribution in [3.8, 4) is 0 Å².